The van der Waals surface area contributed by atoms with Crippen molar-refractivity contribution in [3.8, 4) is 11.5 Å². The van der Waals surface area contributed by atoms with Gasteiger partial charge in [-0.3, -0.25) is 4.79 Å². The summed E-state index contributed by atoms with van der Waals surface area (Å²) in [6.45, 7) is 0.158. The molecule has 0 fully saturated rings. The van der Waals surface area contributed by atoms with Crippen molar-refractivity contribution >= 4 is 16.4 Å². The Hall–Kier alpha value is -3.49. The summed E-state index contributed by atoms with van der Waals surface area (Å²) in [6.07, 6.45) is 6.32. The van der Waals surface area contributed by atoms with E-state index in [1.807, 2.05) is 0 Å². The summed E-state index contributed by atoms with van der Waals surface area (Å²) >= 11 is 0. The Morgan fingerprint density at radius 1 is 1.18 bits per heavy atom. The number of rotatable bonds is 4. The third-order valence-corrected chi connectivity index (χ3v) is 5.11. The highest BCUT2D eigenvalue weighted by molar-refractivity contribution is 5.89. The topological polar surface area (TPSA) is 96.4 Å². The molecule has 0 unspecified atom stereocenters. The second-order valence-corrected chi connectivity index (χ2v) is 6.69. The molecule has 28 heavy (non-hydrogen) atoms. The van der Waals surface area contributed by atoms with Crippen LogP contribution in [0.1, 0.15) is 23.5 Å². The second-order valence-electron chi connectivity index (χ2n) is 6.69. The van der Waals surface area contributed by atoms with Gasteiger partial charge < -0.3 is 9.47 Å². The van der Waals surface area contributed by atoms with E-state index in [9.17, 15) is 4.79 Å². The lowest BCUT2D eigenvalue weighted by Crippen LogP contribution is -2.24. The molecule has 0 amide bonds. The van der Waals surface area contributed by atoms with Gasteiger partial charge in [0.25, 0.3) is 5.56 Å². The van der Waals surface area contributed by atoms with Gasteiger partial charge in [-0.1, -0.05) is 0 Å². The van der Waals surface area contributed by atoms with Gasteiger partial charge >= 0.3 is 0 Å². The first-order valence-corrected chi connectivity index (χ1v) is 9.02. The quantitative estimate of drug-likeness (QED) is 0.529. The van der Waals surface area contributed by atoms with Crippen molar-refractivity contribution in [3.63, 3.8) is 0 Å². The van der Waals surface area contributed by atoms with Gasteiger partial charge in [-0.25, -0.2) is 19.2 Å². The van der Waals surface area contributed by atoms with Crippen molar-refractivity contribution < 1.29 is 9.47 Å². The van der Waals surface area contributed by atoms with Gasteiger partial charge in [-0.15, -0.1) is 5.10 Å². The third-order valence-electron chi connectivity index (χ3n) is 5.11. The van der Waals surface area contributed by atoms with Crippen LogP contribution in [0, 0.1) is 0 Å². The Morgan fingerprint density at radius 3 is 2.89 bits per heavy atom. The van der Waals surface area contributed by atoms with Crippen LogP contribution in [-0.4, -0.2) is 43.6 Å². The van der Waals surface area contributed by atoms with Crippen molar-refractivity contribution in [2.24, 2.45) is 0 Å². The van der Waals surface area contributed by atoms with Crippen LogP contribution in [0.3, 0.4) is 0 Å². The van der Waals surface area contributed by atoms with Gasteiger partial charge in [0.1, 0.15) is 12.9 Å². The van der Waals surface area contributed by atoms with Gasteiger partial charge in [0.05, 0.1) is 25.8 Å². The average Bonchev–Trinajstić information content (AvgIpc) is 3.35. The lowest BCUT2D eigenvalue weighted by atomic mass is 10.1. The van der Waals surface area contributed by atoms with Crippen molar-refractivity contribution in [2.45, 2.75) is 25.8 Å². The van der Waals surface area contributed by atoms with Crippen LogP contribution in [0.25, 0.3) is 16.4 Å². The van der Waals surface area contributed by atoms with E-state index in [1.54, 1.807) is 29.2 Å². The maximum Gasteiger partial charge on any atom is 0.278 e. The summed E-state index contributed by atoms with van der Waals surface area (Å²) in [6, 6.07) is 3.54. The van der Waals surface area contributed by atoms with Crippen LogP contribution in [0.5, 0.6) is 11.5 Å². The van der Waals surface area contributed by atoms with Crippen LogP contribution >= 0.6 is 0 Å². The van der Waals surface area contributed by atoms with Crippen LogP contribution in [0.4, 0.5) is 0 Å². The molecular formula is C19H18N6O3. The van der Waals surface area contributed by atoms with Crippen LogP contribution in [-0.2, 0) is 19.4 Å². The highest BCUT2D eigenvalue weighted by Crippen LogP contribution is 2.32. The number of methoxy groups -OCH3 is 2. The first kappa shape index (κ1) is 16.7. The molecule has 142 valence electrons. The fourth-order valence-corrected chi connectivity index (χ4v) is 3.79. The molecule has 0 saturated heterocycles. The zero-order chi connectivity index (χ0) is 19.3. The molecule has 0 saturated carbocycles. The first-order valence-electron chi connectivity index (χ1n) is 9.02. The molecule has 1 aliphatic rings. The minimum Gasteiger partial charge on any atom is -0.493 e. The fourth-order valence-electron chi connectivity index (χ4n) is 3.79. The van der Waals surface area contributed by atoms with Crippen molar-refractivity contribution in [2.75, 3.05) is 14.2 Å². The third kappa shape index (κ3) is 2.43. The Morgan fingerprint density at radius 2 is 2.07 bits per heavy atom. The van der Waals surface area contributed by atoms with Crippen LogP contribution < -0.4 is 15.0 Å². The normalized spacial score (nSPS) is 13.2. The molecule has 0 N–H and O–H groups in total. The molecule has 5 rings (SSSR count). The smallest absolute Gasteiger partial charge is 0.278 e. The molecule has 3 aromatic heterocycles. The minimum atomic E-state index is -0.282. The largest absolute Gasteiger partial charge is 0.493 e. The Bertz CT molecular complexity index is 1280. The SMILES string of the molecule is COc1ccc2cnn(Cc3nc4c5c(ncn4n3)CCC5)c(=O)c2c1OC. The zero-order valence-corrected chi connectivity index (χ0v) is 15.5. The number of benzene rings is 1. The Labute approximate surface area is 159 Å². The summed E-state index contributed by atoms with van der Waals surface area (Å²) in [5, 5.41) is 9.85. The molecule has 4 aromatic rings. The molecule has 0 radical (unpaired) electrons. The van der Waals surface area contributed by atoms with E-state index in [0.717, 1.165) is 36.2 Å². The molecular weight excluding hydrogens is 360 g/mol. The Kier molecular flexibility index (Phi) is 3.75. The first-order chi connectivity index (χ1) is 13.7. The number of hydrogen-bond acceptors (Lipinski definition) is 7. The number of hydrogen-bond donors (Lipinski definition) is 0. The van der Waals surface area contributed by atoms with Crippen molar-refractivity contribution in [1.82, 2.24) is 29.4 Å². The van der Waals surface area contributed by atoms with E-state index in [4.69, 9.17) is 9.47 Å². The molecule has 9 heteroatoms. The maximum atomic E-state index is 13.1. The lowest BCUT2D eigenvalue weighted by Gasteiger charge is -2.11. The van der Waals surface area contributed by atoms with Gasteiger partial charge in [-0.05, 0) is 31.4 Å². The number of nitrogens with zero attached hydrogens (tertiary/aromatic N) is 6. The highest BCUT2D eigenvalue weighted by atomic mass is 16.5. The number of aromatic nitrogens is 6. The van der Waals surface area contributed by atoms with Crippen molar-refractivity contribution in [3.05, 3.63) is 52.1 Å². The summed E-state index contributed by atoms with van der Waals surface area (Å²) in [7, 11) is 3.05. The van der Waals surface area contributed by atoms with E-state index in [-0.39, 0.29) is 12.1 Å². The predicted octanol–water partition coefficient (Wildman–Crippen LogP) is 1.39. The summed E-state index contributed by atoms with van der Waals surface area (Å²) in [5.74, 6) is 1.40. The molecule has 1 aromatic carbocycles. The lowest BCUT2D eigenvalue weighted by molar-refractivity contribution is 0.358. The number of fused-ring (bicyclic) bond motifs is 4. The van der Waals surface area contributed by atoms with E-state index in [0.29, 0.717) is 28.1 Å². The molecule has 0 spiro atoms. The van der Waals surface area contributed by atoms with E-state index in [2.05, 4.69) is 20.2 Å². The average molecular weight is 378 g/mol. The maximum absolute atomic E-state index is 13.1. The van der Waals surface area contributed by atoms with Crippen molar-refractivity contribution in [1.29, 1.82) is 0 Å². The van der Waals surface area contributed by atoms with Crippen LogP contribution in [0.15, 0.2) is 29.5 Å². The van der Waals surface area contributed by atoms with Gasteiger partial charge in [0.15, 0.2) is 23.0 Å². The molecule has 1 aliphatic carbocycles. The molecule has 0 atom stereocenters. The zero-order valence-electron chi connectivity index (χ0n) is 15.5. The second kappa shape index (κ2) is 6.29. The van der Waals surface area contributed by atoms with Gasteiger partial charge in [-0.2, -0.15) is 5.10 Å². The fraction of sp³-hybridized carbons (Fsp3) is 0.316. The van der Waals surface area contributed by atoms with Gasteiger partial charge in [0, 0.05) is 16.6 Å². The van der Waals surface area contributed by atoms with E-state index < -0.39 is 0 Å². The van der Waals surface area contributed by atoms with Gasteiger partial charge in [0.2, 0.25) is 0 Å². The predicted molar refractivity (Wildman–Crippen MR) is 101 cm³/mol. The number of aryl methyl sites for hydroxylation is 2. The summed E-state index contributed by atoms with van der Waals surface area (Å²) in [5.41, 5.74) is 2.76. The molecule has 9 nitrogen and oxygen atoms in total. The number of ether oxygens (including phenoxy) is 2. The molecule has 0 bridgehead atoms. The standard InChI is InChI=1S/C19H18N6O3/c1-27-14-7-6-11-8-21-24(19(26)16(11)17(14)28-2)9-15-22-18-12-4-3-5-13(12)20-10-25(18)23-15/h6-8,10H,3-5,9H2,1-2H3. The monoisotopic (exact) mass is 378 g/mol. The van der Waals surface area contributed by atoms with E-state index in [1.165, 1.54) is 18.9 Å². The summed E-state index contributed by atoms with van der Waals surface area (Å²) in [4.78, 5) is 22.2. The minimum absolute atomic E-state index is 0.158. The van der Waals surface area contributed by atoms with E-state index >= 15 is 0 Å². The highest BCUT2D eigenvalue weighted by Gasteiger charge is 2.20. The Balaban J connectivity index is 1.61. The summed E-state index contributed by atoms with van der Waals surface area (Å²) < 4.78 is 13.8. The molecule has 3 heterocycles. The molecule has 0 aliphatic heterocycles. The van der Waals surface area contributed by atoms with Crippen LogP contribution in [0.2, 0.25) is 0 Å².